The van der Waals surface area contributed by atoms with Gasteiger partial charge in [-0.3, -0.25) is 10.1 Å². The Kier molecular flexibility index (Phi) is 3.87. The lowest BCUT2D eigenvalue weighted by molar-refractivity contribution is 0.102. The average molecular weight is 297 g/mol. The first-order chi connectivity index (χ1) is 8.97. The van der Waals surface area contributed by atoms with Crippen LogP contribution >= 0.6 is 23.2 Å². The third-order valence-electron chi connectivity index (χ3n) is 2.32. The van der Waals surface area contributed by atoms with Crippen molar-refractivity contribution >= 4 is 40.7 Å². The highest BCUT2D eigenvalue weighted by Crippen LogP contribution is 2.22. The van der Waals surface area contributed by atoms with Crippen LogP contribution in [0.1, 0.15) is 16.1 Å². The molecule has 0 saturated heterocycles. The third kappa shape index (κ3) is 3.13. The predicted octanol–water partition coefficient (Wildman–Crippen LogP) is 2.93. The molecule has 19 heavy (non-hydrogen) atoms. The minimum Gasteiger partial charge on any atom is -0.398 e. The van der Waals surface area contributed by atoms with E-state index >= 15 is 0 Å². The number of carbonyl (C=O) groups excluding carboxylic acids is 1. The maximum absolute atomic E-state index is 12.1. The molecule has 0 aliphatic heterocycles. The fraction of sp³-hybridized carbons (Fsp3) is 0.0833. The molecule has 0 saturated carbocycles. The molecule has 0 spiro atoms. The number of halogens is 2. The number of nitrogens with zero attached hydrogens (tertiary/aromatic N) is 2. The molecule has 0 aliphatic rings. The summed E-state index contributed by atoms with van der Waals surface area (Å²) in [5.74, 6) is -0.376. The number of nitrogen functional groups attached to an aromatic ring is 1. The van der Waals surface area contributed by atoms with Crippen LogP contribution in [0, 0.1) is 6.92 Å². The second kappa shape index (κ2) is 5.42. The maximum atomic E-state index is 12.1. The summed E-state index contributed by atoms with van der Waals surface area (Å²) in [6.07, 6.45) is 0. The number of carbonyl (C=O) groups is 1. The van der Waals surface area contributed by atoms with Gasteiger partial charge in [-0.05, 0) is 25.1 Å². The van der Waals surface area contributed by atoms with Gasteiger partial charge in [0.25, 0.3) is 5.91 Å². The Morgan fingerprint density at radius 2 is 2.05 bits per heavy atom. The van der Waals surface area contributed by atoms with Crippen LogP contribution in [-0.2, 0) is 0 Å². The van der Waals surface area contributed by atoms with E-state index in [0.717, 1.165) is 0 Å². The van der Waals surface area contributed by atoms with E-state index in [-0.39, 0.29) is 27.4 Å². The van der Waals surface area contributed by atoms with Crippen LogP contribution in [0.2, 0.25) is 10.2 Å². The summed E-state index contributed by atoms with van der Waals surface area (Å²) in [7, 11) is 0. The van der Waals surface area contributed by atoms with Crippen LogP contribution in [0.5, 0.6) is 0 Å². The van der Waals surface area contributed by atoms with E-state index in [1.54, 1.807) is 31.2 Å². The van der Waals surface area contributed by atoms with Crippen molar-refractivity contribution in [2.75, 3.05) is 11.1 Å². The highest BCUT2D eigenvalue weighted by atomic mass is 35.5. The molecular formula is C12H10Cl2N4O. The van der Waals surface area contributed by atoms with E-state index in [4.69, 9.17) is 28.9 Å². The van der Waals surface area contributed by atoms with Crippen molar-refractivity contribution in [1.82, 2.24) is 9.97 Å². The molecule has 0 radical (unpaired) electrons. The molecule has 3 N–H and O–H groups in total. The number of rotatable bonds is 2. The van der Waals surface area contributed by atoms with Crippen molar-refractivity contribution in [3.63, 3.8) is 0 Å². The zero-order chi connectivity index (χ0) is 14.0. The molecule has 1 heterocycles. The fourth-order valence-corrected chi connectivity index (χ4v) is 2.04. The van der Waals surface area contributed by atoms with E-state index in [2.05, 4.69) is 15.3 Å². The highest BCUT2D eigenvalue weighted by Gasteiger charge is 2.15. The van der Waals surface area contributed by atoms with Crippen molar-refractivity contribution in [3.8, 4) is 0 Å². The van der Waals surface area contributed by atoms with Gasteiger partial charge >= 0.3 is 0 Å². The maximum Gasteiger partial charge on any atom is 0.261 e. The standard InChI is InChI=1S/C12H10Cl2N4O/c1-6-5-9(14)17-12(16-6)18-11(19)10-7(13)3-2-4-8(10)15/h2-5H,15H2,1H3,(H,16,17,18,19). The van der Waals surface area contributed by atoms with Crippen molar-refractivity contribution < 1.29 is 4.79 Å². The van der Waals surface area contributed by atoms with Gasteiger partial charge in [-0.1, -0.05) is 29.3 Å². The minimum atomic E-state index is -0.482. The summed E-state index contributed by atoms with van der Waals surface area (Å²) in [5.41, 5.74) is 6.83. The average Bonchev–Trinajstić information content (AvgIpc) is 2.26. The number of hydrogen-bond donors (Lipinski definition) is 2. The van der Waals surface area contributed by atoms with Crippen LogP contribution < -0.4 is 11.1 Å². The fourth-order valence-electron chi connectivity index (χ4n) is 1.53. The first-order valence-corrected chi connectivity index (χ1v) is 6.09. The quantitative estimate of drug-likeness (QED) is 0.659. The molecule has 0 aliphatic carbocycles. The third-order valence-corrected chi connectivity index (χ3v) is 2.83. The van der Waals surface area contributed by atoms with Gasteiger partial charge in [-0.15, -0.1) is 0 Å². The first kappa shape index (κ1) is 13.6. The highest BCUT2D eigenvalue weighted by molar-refractivity contribution is 6.35. The van der Waals surface area contributed by atoms with Crippen molar-refractivity contribution in [1.29, 1.82) is 0 Å². The largest absolute Gasteiger partial charge is 0.398 e. The first-order valence-electron chi connectivity index (χ1n) is 5.34. The summed E-state index contributed by atoms with van der Waals surface area (Å²) in [5, 5.41) is 3.02. The molecule has 1 aromatic heterocycles. The van der Waals surface area contributed by atoms with E-state index in [1.165, 1.54) is 0 Å². The number of aromatic nitrogens is 2. The zero-order valence-electron chi connectivity index (χ0n) is 9.95. The number of nitrogens with two attached hydrogens (primary N) is 1. The van der Waals surface area contributed by atoms with Crippen LogP contribution in [0.4, 0.5) is 11.6 Å². The van der Waals surface area contributed by atoms with E-state index in [0.29, 0.717) is 5.69 Å². The number of nitrogens with one attached hydrogen (secondary N) is 1. The number of hydrogen-bond acceptors (Lipinski definition) is 4. The molecular weight excluding hydrogens is 287 g/mol. The Hall–Kier alpha value is -1.85. The Bertz CT molecular complexity index is 605. The van der Waals surface area contributed by atoms with Crippen molar-refractivity contribution in [3.05, 3.63) is 45.7 Å². The predicted molar refractivity (Wildman–Crippen MR) is 75.6 cm³/mol. The van der Waals surface area contributed by atoms with Gasteiger partial charge < -0.3 is 5.73 Å². The van der Waals surface area contributed by atoms with Gasteiger partial charge in [0, 0.05) is 11.4 Å². The summed E-state index contributed by atoms with van der Waals surface area (Å²) >= 11 is 11.7. The second-order valence-corrected chi connectivity index (χ2v) is 4.61. The molecule has 7 heteroatoms. The van der Waals surface area contributed by atoms with Gasteiger partial charge in [0.2, 0.25) is 5.95 Å². The summed E-state index contributed by atoms with van der Waals surface area (Å²) < 4.78 is 0. The number of amides is 1. The number of benzene rings is 1. The van der Waals surface area contributed by atoms with Crippen LogP contribution in [0.3, 0.4) is 0 Å². The molecule has 2 rings (SSSR count). The number of aryl methyl sites for hydroxylation is 1. The summed E-state index contributed by atoms with van der Waals surface area (Å²) in [4.78, 5) is 20.0. The van der Waals surface area contributed by atoms with Crippen LogP contribution in [-0.4, -0.2) is 15.9 Å². The Morgan fingerprint density at radius 3 is 2.68 bits per heavy atom. The molecule has 5 nitrogen and oxygen atoms in total. The van der Waals surface area contributed by atoms with E-state index < -0.39 is 5.91 Å². The molecule has 2 aromatic rings. The molecule has 0 bridgehead atoms. The lowest BCUT2D eigenvalue weighted by Crippen LogP contribution is -2.16. The lowest BCUT2D eigenvalue weighted by atomic mass is 10.1. The summed E-state index contributed by atoms with van der Waals surface area (Å²) in [6.45, 7) is 1.74. The van der Waals surface area contributed by atoms with Gasteiger partial charge in [0.15, 0.2) is 0 Å². The summed E-state index contributed by atoms with van der Waals surface area (Å²) in [6, 6.07) is 6.41. The van der Waals surface area contributed by atoms with Gasteiger partial charge in [-0.25, -0.2) is 9.97 Å². The Balaban J connectivity index is 2.31. The van der Waals surface area contributed by atoms with E-state index in [1.807, 2.05) is 0 Å². The number of anilines is 2. The Labute approximate surface area is 119 Å². The van der Waals surface area contributed by atoms with Crippen LogP contribution in [0.15, 0.2) is 24.3 Å². The molecule has 1 amide bonds. The monoisotopic (exact) mass is 296 g/mol. The SMILES string of the molecule is Cc1cc(Cl)nc(NC(=O)c2c(N)cccc2Cl)n1. The molecule has 0 unspecified atom stereocenters. The topological polar surface area (TPSA) is 80.9 Å². The van der Waals surface area contributed by atoms with Gasteiger partial charge in [0.1, 0.15) is 5.15 Å². The smallest absolute Gasteiger partial charge is 0.261 e. The molecule has 98 valence electrons. The minimum absolute atomic E-state index is 0.106. The lowest BCUT2D eigenvalue weighted by Gasteiger charge is -2.08. The molecule has 1 aromatic carbocycles. The van der Waals surface area contributed by atoms with Gasteiger partial charge in [0.05, 0.1) is 10.6 Å². The van der Waals surface area contributed by atoms with Gasteiger partial charge in [-0.2, -0.15) is 0 Å². The molecule has 0 atom stereocenters. The normalized spacial score (nSPS) is 10.3. The van der Waals surface area contributed by atoms with E-state index in [9.17, 15) is 4.79 Å². The second-order valence-electron chi connectivity index (χ2n) is 3.81. The molecule has 0 fully saturated rings. The van der Waals surface area contributed by atoms with Crippen molar-refractivity contribution in [2.24, 2.45) is 0 Å². The Morgan fingerprint density at radius 1 is 1.32 bits per heavy atom. The zero-order valence-corrected chi connectivity index (χ0v) is 11.5. The van der Waals surface area contributed by atoms with Crippen LogP contribution in [0.25, 0.3) is 0 Å². The van der Waals surface area contributed by atoms with Crippen molar-refractivity contribution in [2.45, 2.75) is 6.92 Å².